The molecule has 2 heterocycles. The summed E-state index contributed by atoms with van der Waals surface area (Å²) in [5, 5.41) is 19.4. The van der Waals surface area contributed by atoms with Crippen molar-refractivity contribution in [2.24, 2.45) is 32.9 Å². The van der Waals surface area contributed by atoms with E-state index >= 15 is 0 Å². The molecule has 0 fully saturated rings. The van der Waals surface area contributed by atoms with Crippen molar-refractivity contribution in [3.63, 3.8) is 0 Å². The number of nitrogens with one attached hydrogen (secondary N) is 4. The molecule has 0 aliphatic carbocycles. The van der Waals surface area contributed by atoms with Crippen LogP contribution in [0, 0.1) is 13.8 Å². The van der Waals surface area contributed by atoms with Gasteiger partial charge in [0.25, 0.3) is 11.8 Å². The van der Waals surface area contributed by atoms with Crippen LogP contribution in [0.4, 0.5) is 10.3 Å². The van der Waals surface area contributed by atoms with E-state index < -0.39 is 48.2 Å². The Bertz CT molecular complexity index is 1510. The fourth-order valence-corrected chi connectivity index (χ4v) is 5.13. The summed E-state index contributed by atoms with van der Waals surface area (Å²) in [6.07, 6.45) is -2.91. The lowest BCUT2D eigenvalue weighted by Crippen LogP contribution is -2.41. The number of nitrogens with two attached hydrogens (primary N) is 4. The maximum atomic E-state index is 12.4. The number of esters is 1. The molecule has 20 nitrogen and oxygen atoms in total. The van der Waals surface area contributed by atoms with Crippen LogP contribution in [0.1, 0.15) is 56.4 Å². The SMILES string of the molecule is Cc1nc(N=C(N)N)sc1C(=O)NCCC(=O)NCCC(=O)OC(CC(=O)O)NC(=O)CCNC(=O)c1sc(N=C(N)N)nc1C. The fraction of sp³-hybridized carbons (Fsp3) is 0.417. The number of aromatic nitrogens is 2. The number of carboxylic acids is 1. The number of hydrogen-bond acceptors (Lipinski definition) is 13. The van der Waals surface area contributed by atoms with Crippen molar-refractivity contribution in [3.05, 3.63) is 21.1 Å². The van der Waals surface area contributed by atoms with Gasteiger partial charge in [0, 0.05) is 32.5 Å². The highest BCUT2D eigenvalue weighted by Gasteiger charge is 2.21. The minimum absolute atomic E-state index is 0.0138. The van der Waals surface area contributed by atoms with E-state index in [1.165, 1.54) is 0 Å². The standard InChI is InChI=1S/C24H34N12O8S2/c1-10-17(45-23(32-10)35-21(25)26)19(42)30-6-3-12(37)29-8-5-16(41)44-14(9-15(39)40)34-13(38)4-7-31-20(43)18-11(2)33-24(46-18)36-22(27)28/h14H,3-9H2,1-2H3,(H,29,37)(H,30,42)(H,31,43)(H,34,38)(H,39,40)(H4,25,26,32,35)(H4,27,28,33,36). The largest absolute Gasteiger partial charge is 0.481 e. The van der Waals surface area contributed by atoms with Gasteiger partial charge in [-0.15, -0.1) is 0 Å². The number of aliphatic imine (C=N–C) groups is 2. The number of carboxylic acid groups (broad SMARTS) is 1. The molecule has 46 heavy (non-hydrogen) atoms. The second-order valence-corrected chi connectivity index (χ2v) is 11.1. The summed E-state index contributed by atoms with van der Waals surface area (Å²) in [5.41, 5.74) is 22.0. The first-order valence-electron chi connectivity index (χ1n) is 13.3. The van der Waals surface area contributed by atoms with Crippen LogP contribution in [-0.2, 0) is 23.9 Å². The number of aliphatic carboxylic acids is 1. The van der Waals surface area contributed by atoms with Gasteiger partial charge >= 0.3 is 11.9 Å². The van der Waals surface area contributed by atoms with Gasteiger partial charge in [-0.1, -0.05) is 22.7 Å². The van der Waals surface area contributed by atoms with Gasteiger partial charge in [-0.25, -0.2) is 9.97 Å². The third-order valence-corrected chi connectivity index (χ3v) is 7.41. The van der Waals surface area contributed by atoms with E-state index in [2.05, 4.69) is 41.2 Å². The average molecular weight is 683 g/mol. The van der Waals surface area contributed by atoms with Crippen LogP contribution in [0.5, 0.6) is 0 Å². The Morgan fingerprint density at radius 3 is 1.67 bits per heavy atom. The highest BCUT2D eigenvalue weighted by Crippen LogP contribution is 2.25. The van der Waals surface area contributed by atoms with Crippen molar-refractivity contribution >= 4 is 80.4 Å². The molecule has 0 spiro atoms. The molecule has 0 aromatic carbocycles. The number of thiazole rings is 2. The van der Waals surface area contributed by atoms with Crippen LogP contribution in [0.15, 0.2) is 9.98 Å². The maximum absolute atomic E-state index is 12.4. The molecule has 0 aliphatic heterocycles. The fourth-order valence-electron chi connectivity index (χ4n) is 3.38. The molecule has 0 saturated carbocycles. The Balaban J connectivity index is 1.72. The van der Waals surface area contributed by atoms with Gasteiger partial charge < -0.3 is 54.0 Å². The average Bonchev–Trinajstić information content (AvgIpc) is 3.48. The van der Waals surface area contributed by atoms with Crippen molar-refractivity contribution in [1.82, 2.24) is 31.2 Å². The predicted molar refractivity (Wildman–Crippen MR) is 166 cm³/mol. The zero-order valence-electron chi connectivity index (χ0n) is 24.7. The van der Waals surface area contributed by atoms with E-state index in [1.807, 2.05) is 0 Å². The monoisotopic (exact) mass is 682 g/mol. The molecule has 0 radical (unpaired) electrons. The van der Waals surface area contributed by atoms with Crippen molar-refractivity contribution < 1.29 is 38.6 Å². The highest BCUT2D eigenvalue weighted by atomic mass is 32.1. The Morgan fingerprint density at radius 1 is 0.761 bits per heavy atom. The number of guanidine groups is 2. The van der Waals surface area contributed by atoms with Crippen LogP contribution in [-0.4, -0.2) is 88.4 Å². The van der Waals surface area contributed by atoms with Gasteiger partial charge in [0.1, 0.15) is 16.2 Å². The van der Waals surface area contributed by atoms with Crippen LogP contribution < -0.4 is 44.2 Å². The summed E-state index contributed by atoms with van der Waals surface area (Å²) >= 11 is 1.92. The molecule has 1 unspecified atom stereocenters. The molecular formula is C24H34N12O8S2. The number of carbonyl (C=O) groups is 6. The second kappa shape index (κ2) is 17.8. The molecule has 2 aromatic heterocycles. The number of hydrogen-bond donors (Lipinski definition) is 9. The lowest BCUT2D eigenvalue weighted by Gasteiger charge is -2.18. The third-order valence-electron chi connectivity index (χ3n) is 5.31. The molecule has 22 heteroatoms. The van der Waals surface area contributed by atoms with Gasteiger partial charge in [0.05, 0.1) is 17.8 Å². The summed E-state index contributed by atoms with van der Waals surface area (Å²) in [7, 11) is 0. The van der Waals surface area contributed by atoms with Crippen LogP contribution in [0.2, 0.25) is 0 Å². The lowest BCUT2D eigenvalue weighted by molar-refractivity contribution is -0.155. The first-order chi connectivity index (χ1) is 21.6. The Hall–Kier alpha value is -5.38. The molecule has 0 saturated heterocycles. The predicted octanol–water partition coefficient (Wildman–Crippen LogP) is -2.07. The molecule has 1 atom stereocenters. The minimum Gasteiger partial charge on any atom is -0.481 e. The summed E-state index contributed by atoms with van der Waals surface area (Å²) in [6, 6.07) is 0. The second-order valence-electron chi connectivity index (χ2n) is 9.15. The Kier molecular flexibility index (Phi) is 14.2. The Labute approximate surface area is 269 Å². The van der Waals surface area contributed by atoms with E-state index in [-0.39, 0.29) is 70.8 Å². The van der Waals surface area contributed by atoms with E-state index in [0.717, 1.165) is 22.7 Å². The van der Waals surface area contributed by atoms with Gasteiger partial charge in [-0.2, -0.15) is 9.98 Å². The number of amides is 4. The van der Waals surface area contributed by atoms with Crippen LogP contribution in [0.3, 0.4) is 0 Å². The zero-order valence-corrected chi connectivity index (χ0v) is 26.4. The molecular weight excluding hydrogens is 648 g/mol. The topological polar surface area (TPSA) is 335 Å². The molecule has 0 bridgehead atoms. The van der Waals surface area contributed by atoms with Crippen LogP contribution >= 0.6 is 22.7 Å². The molecule has 0 aliphatic rings. The van der Waals surface area contributed by atoms with Crippen molar-refractivity contribution in [3.8, 4) is 0 Å². The Morgan fingerprint density at radius 2 is 1.22 bits per heavy atom. The van der Waals surface area contributed by atoms with Gasteiger partial charge in [0.15, 0.2) is 18.1 Å². The summed E-state index contributed by atoms with van der Waals surface area (Å²) in [4.78, 5) is 88.8. The van der Waals surface area contributed by atoms with Gasteiger partial charge in [0.2, 0.25) is 22.1 Å². The molecule has 13 N–H and O–H groups in total. The van der Waals surface area contributed by atoms with Crippen molar-refractivity contribution in [1.29, 1.82) is 0 Å². The first-order valence-corrected chi connectivity index (χ1v) is 15.0. The molecule has 4 amide bonds. The zero-order chi connectivity index (χ0) is 34.4. The normalized spacial score (nSPS) is 11.0. The number of ether oxygens (including phenoxy) is 1. The quantitative estimate of drug-likeness (QED) is 0.0375. The van der Waals surface area contributed by atoms with Gasteiger partial charge in [-0.05, 0) is 13.8 Å². The highest BCUT2D eigenvalue weighted by molar-refractivity contribution is 7.17. The van der Waals surface area contributed by atoms with E-state index in [1.54, 1.807) is 13.8 Å². The maximum Gasteiger partial charge on any atom is 0.309 e. The number of aryl methyl sites for hydroxylation is 2. The first kappa shape index (κ1) is 36.8. The smallest absolute Gasteiger partial charge is 0.309 e. The van der Waals surface area contributed by atoms with Crippen molar-refractivity contribution in [2.75, 3.05) is 19.6 Å². The summed E-state index contributed by atoms with van der Waals surface area (Å²) in [6.45, 7) is 2.90. The molecule has 250 valence electrons. The number of nitrogens with zero attached hydrogens (tertiary/aromatic N) is 4. The minimum atomic E-state index is -1.49. The van der Waals surface area contributed by atoms with E-state index in [0.29, 0.717) is 11.4 Å². The molecule has 2 aromatic rings. The number of rotatable bonds is 17. The summed E-state index contributed by atoms with van der Waals surface area (Å²) < 4.78 is 5.04. The lowest BCUT2D eigenvalue weighted by atomic mass is 10.3. The van der Waals surface area contributed by atoms with Crippen molar-refractivity contribution in [2.45, 2.75) is 45.8 Å². The van der Waals surface area contributed by atoms with E-state index in [9.17, 15) is 28.8 Å². The summed E-state index contributed by atoms with van der Waals surface area (Å²) in [5.74, 6) is -4.82. The number of carbonyl (C=O) groups excluding carboxylic acids is 5. The third kappa shape index (κ3) is 13.1. The van der Waals surface area contributed by atoms with Gasteiger partial charge in [-0.3, -0.25) is 28.8 Å². The van der Waals surface area contributed by atoms with E-state index in [4.69, 9.17) is 32.8 Å². The molecule has 2 rings (SSSR count). The van der Waals surface area contributed by atoms with Crippen LogP contribution in [0.25, 0.3) is 0 Å².